The Morgan fingerprint density at radius 2 is 2.07 bits per heavy atom. The van der Waals surface area contributed by atoms with E-state index in [4.69, 9.17) is 17.3 Å². The van der Waals surface area contributed by atoms with Crippen molar-refractivity contribution in [3.63, 3.8) is 0 Å². The van der Waals surface area contributed by atoms with Crippen LogP contribution in [0.1, 0.15) is 35.4 Å². The molecule has 0 aliphatic heterocycles. The maximum atomic E-state index is 11.1. The van der Waals surface area contributed by atoms with E-state index in [2.05, 4.69) is 25.6 Å². The summed E-state index contributed by atoms with van der Waals surface area (Å²) in [5.74, 6) is -0.353. The minimum Gasteiger partial charge on any atom is -0.477 e. The monoisotopic (exact) mass is 399 g/mol. The average molecular weight is 400 g/mol. The number of hydrogen-bond acceptors (Lipinski definition) is 6. The predicted octanol–water partition coefficient (Wildman–Crippen LogP) is 3.68. The topological polar surface area (TPSA) is 100 Å². The van der Waals surface area contributed by atoms with Gasteiger partial charge in [-0.3, -0.25) is 4.98 Å². The third-order valence-corrected chi connectivity index (χ3v) is 5.58. The van der Waals surface area contributed by atoms with Crippen molar-refractivity contribution < 1.29 is 9.90 Å². The number of nitrogens with one attached hydrogen (secondary N) is 2. The van der Waals surface area contributed by atoms with Crippen molar-refractivity contribution >= 4 is 51.6 Å². The Morgan fingerprint density at radius 3 is 2.81 bits per heavy atom. The second kappa shape index (κ2) is 7.53. The summed E-state index contributed by atoms with van der Waals surface area (Å²) in [5, 5.41) is 17.8. The summed E-state index contributed by atoms with van der Waals surface area (Å²) >= 11 is 6.53. The first-order valence-electron chi connectivity index (χ1n) is 8.62. The van der Waals surface area contributed by atoms with Gasteiger partial charge in [0.2, 0.25) is 0 Å². The number of aromatic nitrogens is 3. The highest BCUT2D eigenvalue weighted by Gasteiger charge is 2.16. The Morgan fingerprint density at radius 1 is 1.26 bits per heavy atom. The minimum absolute atomic E-state index is 0.263. The zero-order valence-corrected chi connectivity index (χ0v) is 15.9. The molecule has 0 unspecified atom stereocenters. The van der Waals surface area contributed by atoms with Crippen molar-refractivity contribution in [2.75, 3.05) is 5.32 Å². The van der Waals surface area contributed by atoms with Gasteiger partial charge >= 0.3 is 5.97 Å². The van der Waals surface area contributed by atoms with E-state index < -0.39 is 5.97 Å². The minimum atomic E-state index is -0.951. The molecular weight excluding hydrogens is 382 g/mol. The first-order valence-corrected chi connectivity index (χ1v) is 9.91. The van der Waals surface area contributed by atoms with Crippen LogP contribution < -0.4 is 10.6 Å². The summed E-state index contributed by atoms with van der Waals surface area (Å²) in [7, 11) is 0. The summed E-state index contributed by atoms with van der Waals surface area (Å²) in [6.07, 6.45) is 6.37. The molecule has 1 aliphatic rings. The van der Waals surface area contributed by atoms with Crippen LogP contribution in [0.4, 0.5) is 5.82 Å². The molecule has 27 heavy (non-hydrogen) atoms. The number of hydrogen-bond donors (Lipinski definition) is 3. The number of pyridine rings is 1. The van der Waals surface area contributed by atoms with E-state index in [-0.39, 0.29) is 4.88 Å². The number of thiophene rings is 1. The molecular formula is C18H17N5O2S2. The van der Waals surface area contributed by atoms with Crippen LogP contribution in [0, 0.1) is 0 Å². The molecule has 4 rings (SSSR count). The fourth-order valence-electron chi connectivity index (χ4n) is 3.10. The van der Waals surface area contributed by atoms with Gasteiger partial charge in [-0.25, -0.2) is 14.8 Å². The van der Waals surface area contributed by atoms with Crippen molar-refractivity contribution in [3.05, 3.63) is 34.7 Å². The second-order valence-corrected chi connectivity index (χ2v) is 7.70. The maximum absolute atomic E-state index is 11.1. The summed E-state index contributed by atoms with van der Waals surface area (Å²) in [6.45, 7) is 0. The standard InChI is InChI=1S/C18H17N5O2S2/c24-17(25)14-7-10(9-27-14)13-8-19-12-5-6-15(22-16(12)21-13)23-18(26)20-11-3-1-2-4-11/h5-9,11H,1-4H2,(H,24,25)(H2,20,21,22,23,26). The largest absolute Gasteiger partial charge is 0.477 e. The second-order valence-electron chi connectivity index (χ2n) is 6.38. The Labute approximate surface area is 164 Å². The maximum Gasteiger partial charge on any atom is 0.345 e. The fourth-order valence-corrected chi connectivity index (χ4v) is 4.11. The van der Waals surface area contributed by atoms with Gasteiger partial charge in [0.05, 0.1) is 11.9 Å². The molecule has 0 saturated heterocycles. The molecule has 9 heteroatoms. The zero-order valence-electron chi connectivity index (χ0n) is 14.3. The molecule has 138 valence electrons. The van der Waals surface area contributed by atoms with Crippen LogP contribution in [0.25, 0.3) is 22.4 Å². The number of aromatic carboxylic acids is 1. The fraction of sp³-hybridized carbons (Fsp3) is 0.278. The molecule has 0 bridgehead atoms. The van der Waals surface area contributed by atoms with E-state index in [9.17, 15) is 4.79 Å². The number of carboxylic acid groups (broad SMARTS) is 1. The summed E-state index contributed by atoms with van der Waals surface area (Å²) in [6, 6.07) is 5.66. The molecule has 3 aromatic heterocycles. The van der Waals surface area contributed by atoms with Gasteiger partial charge in [0.1, 0.15) is 16.2 Å². The number of anilines is 1. The lowest BCUT2D eigenvalue weighted by atomic mass is 10.2. The highest BCUT2D eigenvalue weighted by molar-refractivity contribution is 7.80. The number of thiocarbonyl (C=S) groups is 1. The summed E-state index contributed by atoms with van der Waals surface area (Å²) < 4.78 is 0. The molecule has 0 amide bonds. The third-order valence-electron chi connectivity index (χ3n) is 4.44. The average Bonchev–Trinajstić information content (AvgIpc) is 3.33. The molecule has 1 fully saturated rings. The van der Waals surface area contributed by atoms with Crippen LogP contribution in [-0.4, -0.2) is 37.2 Å². The number of fused-ring (bicyclic) bond motifs is 1. The van der Waals surface area contributed by atoms with Gasteiger partial charge in [0.15, 0.2) is 10.8 Å². The molecule has 0 aromatic carbocycles. The van der Waals surface area contributed by atoms with Crippen molar-refractivity contribution in [2.45, 2.75) is 31.7 Å². The highest BCUT2D eigenvalue weighted by Crippen LogP contribution is 2.25. The Kier molecular flexibility index (Phi) is 4.95. The number of nitrogens with zero attached hydrogens (tertiary/aromatic N) is 3. The quantitative estimate of drug-likeness (QED) is 0.571. The zero-order chi connectivity index (χ0) is 18.8. The summed E-state index contributed by atoms with van der Waals surface area (Å²) in [4.78, 5) is 24.7. The highest BCUT2D eigenvalue weighted by atomic mass is 32.1. The van der Waals surface area contributed by atoms with Crippen LogP contribution in [0.3, 0.4) is 0 Å². The Balaban J connectivity index is 1.55. The molecule has 3 N–H and O–H groups in total. The molecule has 3 heterocycles. The molecule has 0 radical (unpaired) electrons. The van der Waals surface area contributed by atoms with Crippen LogP contribution in [0.5, 0.6) is 0 Å². The van der Waals surface area contributed by atoms with Crippen LogP contribution in [0.15, 0.2) is 29.8 Å². The van der Waals surface area contributed by atoms with E-state index in [0.717, 1.165) is 24.2 Å². The first kappa shape index (κ1) is 17.7. The van der Waals surface area contributed by atoms with Crippen LogP contribution in [-0.2, 0) is 0 Å². The van der Waals surface area contributed by atoms with Gasteiger partial charge in [-0.15, -0.1) is 11.3 Å². The Hall–Kier alpha value is -2.65. The first-order chi connectivity index (χ1) is 13.1. The molecule has 0 spiro atoms. The van der Waals surface area contributed by atoms with Gasteiger partial charge in [-0.2, -0.15) is 0 Å². The van der Waals surface area contributed by atoms with Crippen molar-refractivity contribution in [1.29, 1.82) is 0 Å². The van der Waals surface area contributed by atoms with Gasteiger partial charge in [0.25, 0.3) is 0 Å². The van der Waals surface area contributed by atoms with E-state index in [1.54, 1.807) is 17.6 Å². The lowest BCUT2D eigenvalue weighted by molar-refractivity contribution is 0.0702. The van der Waals surface area contributed by atoms with E-state index in [0.29, 0.717) is 39.4 Å². The van der Waals surface area contributed by atoms with Gasteiger partial charge in [0, 0.05) is 17.0 Å². The van der Waals surface area contributed by atoms with Gasteiger partial charge in [-0.05, 0) is 43.3 Å². The Bertz CT molecular complexity index is 1010. The molecule has 0 atom stereocenters. The SMILES string of the molecule is O=C(O)c1cc(-c2cnc3ccc(NC(=S)NC4CCCC4)nc3n2)cs1. The van der Waals surface area contributed by atoms with Crippen LogP contribution >= 0.6 is 23.6 Å². The molecule has 7 nitrogen and oxygen atoms in total. The number of carbonyl (C=O) groups is 1. The van der Waals surface area contributed by atoms with Crippen LogP contribution in [0.2, 0.25) is 0 Å². The van der Waals surface area contributed by atoms with E-state index in [1.807, 2.05) is 12.1 Å². The van der Waals surface area contributed by atoms with Crippen molar-refractivity contribution in [2.24, 2.45) is 0 Å². The summed E-state index contributed by atoms with van der Waals surface area (Å²) in [5.41, 5.74) is 2.44. The molecule has 1 aliphatic carbocycles. The van der Waals surface area contributed by atoms with Crippen molar-refractivity contribution in [1.82, 2.24) is 20.3 Å². The molecule has 3 aromatic rings. The number of rotatable bonds is 4. The van der Waals surface area contributed by atoms with Crippen molar-refractivity contribution in [3.8, 4) is 11.3 Å². The number of carboxylic acids is 1. The smallest absolute Gasteiger partial charge is 0.345 e. The normalized spacial score (nSPS) is 14.4. The third kappa shape index (κ3) is 4.04. The predicted molar refractivity (Wildman–Crippen MR) is 109 cm³/mol. The van der Waals surface area contributed by atoms with E-state index >= 15 is 0 Å². The van der Waals surface area contributed by atoms with E-state index in [1.165, 1.54) is 12.8 Å². The molecule has 1 saturated carbocycles. The van der Waals surface area contributed by atoms with Gasteiger partial charge < -0.3 is 15.7 Å². The van der Waals surface area contributed by atoms with Gasteiger partial charge in [-0.1, -0.05) is 12.8 Å². The lowest BCUT2D eigenvalue weighted by Crippen LogP contribution is -2.36. The lowest BCUT2D eigenvalue weighted by Gasteiger charge is -2.15.